The Balaban J connectivity index is 2.22. The number of aromatic nitrogens is 1. The van der Waals surface area contributed by atoms with Crippen molar-refractivity contribution in [2.75, 3.05) is 20.1 Å². The minimum atomic E-state index is 0.491. The quantitative estimate of drug-likeness (QED) is 0.835. The lowest BCUT2D eigenvalue weighted by atomic mass is 9.94. The Hall–Kier alpha value is -0.450. The number of likely N-dealkylation sites (tertiary alicyclic amines) is 1. The van der Waals surface area contributed by atoms with Gasteiger partial charge in [-0.2, -0.15) is 0 Å². The summed E-state index contributed by atoms with van der Waals surface area (Å²) in [5.74, 6) is 0.595. The molecular weight excluding hydrogens is 206 g/mol. The van der Waals surface area contributed by atoms with Gasteiger partial charge in [-0.15, -0.1) is 11.3 Å². The maximum atomic E-state index is 5.89. The Morgan fingerprint density at radius 1 is 1.60 bits per heavy atom. The molecule has 3 nitrogen and oxygen atoms in total. The molecule has 0 saturated carbocycles. The SMILES string of the molecule is CN1CCCCC(CN)C1c1cncs1. The normalized spacial score (nSPS) is 28.9. The van der Waals surface area contributed by atoms with Crippen molar-refractivity contribution in [1.29, 1.82) is 0 Å². The van der Waals surface area contributed by atoms with Crippen LogP contribution in [0.5, 0.6) is 0 Å². The van der Waals surface area contributed by atoms with Gasteiger partial charge in [0.15, 0.2) is 0 Å². The largest absolute Gasteiger partial charge is 0.330 e. The van der Waals surface area contributed by atoms with Crippen LogP contribution in [0.25, 0.3) is 0 Å². The van der Waals surface area contributed by atoms with Crippen LogP contribution >= 0.6 is 11.3 Å². The zero-order chi connectivity index (χ0) is 10.7. The molecule has 1 saturated heterocycles. The monoisotopic (exact) mass is 225 g/mol. The van der Waals surface area contributed by atoms with Gasteiger partial charge >= 0.3 is 0 Å². The summed E-state index contributed by atoms with van der Waals surface area (Å²) in [5, 5.41) is 0. The van der Waals surface area contributed by atoms with Crippen LogP contribution in [0, 0.1) is 5.92 Å². The van der Waals surface area contributed by atoms with E-state index in [4.69, 9.17) is 5.73 Å². The Morgan fingerprint density at radius 2 is 2.47 bits per heavy atom. The molecule has 1 aliphatic rings. The molecule has 1 aliphatic heterocycles. The Bertz CT molecular complexity index is 286. The molecule has 2 heterocycles. The van der Waals surface area contributed by atoms with Gasteiger partial charge in [0.1, 0.15) is 0 Å². The van der Waals surface area contributed by atoms with Crippen molar-refractivity contribution in [2.24, 2.45) is 11.7 Å². The van der Waals surface area contributed by atoms with Gasteiger partial charge in [-0.3, -0.25) is 9.88 Å². The van der Waals surface area contributed by atoms with Gasteiger partial charge in [0.25, 0.3) is 0 Å². The van der Waals surface area contributed by atoms with Crippen LogP contribution < -0.4 is 5.73 Å². The first-order chi connectivity index (χ1) is 7.33. The predicted molar refractivity (Wildman–Crippen MR) is 63.9 cm³/mol. The zero-order valence-corrected chi connectivity index (χ0v) is 10.0. The minimum absolute atomic E-state index is 0.491. The smallest absolute Gasteiger partial charge is 0.0794 e. The van der Waals surface area contributed by atoms with Gasteiger partial charge < -0.3 is 5.73 Å². The molecule has 4 heteroatoms. The summed E-state index contributed by atoms with van der Waals surface area (Å²) in [6, 6.07) is 0.491. The molecule has 0 radical (unpaired) electrons. The van der Waals surface area contributed by atoms with E-state index in [2.05, 4.69) is 16.9 Å². The molecule has 2 rings (SSSR count). The van der Waals surface area contributed by atoms with Gasteiger partial charge in [-0.05, 0) is 38.9 Å². The number of hydrogen-bond donors (Lipinski definition) is 1. The highest BCUT2D eigenvalue weighted by atomic mass is 32.1. The van der Waals surface area contributed by atoms with E-state index < -0.39 is 0 Å². The molecule has 84 valence electrons. The summed E-state index contributed by atoms with van der Waals surface area (Å²) in [4.78, 5) is 7.99. The minimum Gasteiger partial charge on any atom is -0.330 e. The Kier molecular flexibility index (Phi) is 3.72. The highest BCUT2D eigenvalue weighted by molar-refractivity contribution is 7.09. The molecule has 1 aromatic rings. The molecule has 2 N–H and O–H groups in total. The van der Waals surface area contributed by atoms with Crippen molar-refractivity contribution >= 4 is 11.3 Å². The van der Waals surface area contributed by atoms with Crippen LogP contribution in [0.15, 0.2) is 11.7 Å². The summed E-state index contributed by atoms with van der Waals surface area (Å²) in [6.45, 7) is 1.96. The fourth-order valence-electron chi connectivity index (χ4n) is 2.49. The van der Waals surface area contributed by atoms with Crippen LogP contribution in [-0.2, 0) is 0 Å². The lowest BCUT2D eigenvalue weighted by Crippen LogP contribution is -2.32. The van der Waals surface area contributed by atoms with Gasteiger partial charge in [-0.1, -0.05) is 6.42 Å². The van der Waals surface area contributed by atoms with E-state index >= 15 is 0 Å². The van der Waals surface area contributed by atoms with Crippen molar-refractivity contribution < 1.29 is 0 Å². The molecule has 0 aromatic carbocycles. The Morgan fingerprint density at radius 3 is 3.13 bits per heavy atom. The maximum absolute atomic E-state index is 5.89. The molecule has 0 spiro atoms. The van der Waals surface area contributed by atoms with Gasteiger partial charge in [0.05, 0.1) is 5.51 Å². The molecule has 1 aromatic heterocycles. The molecule has 0 bridgehead atoms. The van der Waals surface area contributed by atoms with E-state index in [0.29, 0.717) is 12.0 Å². The van der Waals surface area contributed by atoms with E-state index in [1.54, 1.807) is 11.3 Å². The third kappa shape index (κ3) is 2.38. The highest BCUT2D eigenvalue weighted by Crippen LogP contribution is 2.35. The van der Waals surface area contributed by atoms with Crippen LogP contribution in [0.3, 0.4) is 0 Å². The van der Waals surface area contributed by atoms with E-state index in [-0.39, 0.29) is 0 Å². The lowest BCUT2D eigenvalue weighted by Gasteiger charge is -2.30. The van der Waals surface area contributed by atoms with Crippen LogP contribution in [-0.4, -0.2) is 30.0 Å². The van der Waals surface area contributed by atoms with Crippen LogP contribution in [0.1, 0.15) is 30.2 Å². The summed E-state index contributed by atoms with van der Waals surface area (Å²) in [7, 11) is 2.21. The fraction of sp³-hybridized carbons (Fsp3) is 0.727. The molecular formula is C11H19N3S. The highest BCUT2D eigenvalue weighted by Gasteiger charge is 2.28. The zero-order valence-electron chi connectivity index (χ0n) is 9.22. The second-order valence-electron chi connectivity index (χ2n) is 4.32. The van der Waals surface area contributed by atoms with Gasteiger partial charge in [0.2, 0.25) is 0 Å². The maximum Gasteiger partial charge on any atom is 0.0794 e. The van der Waals surface area contributed by atoms with Crippen molar-refractivity contribution in [1.82, 2.24) is 9.88 Å². The van der Waals surface area contributed by atoms with Crippen LogP contribution in [0.4, 0.5) is 0 Å². The number of hydrogen-bond acceptors (Lipinski definition) is 4. The topological polar surface area (TPSA) is 42.1 Å². The predicted octanol–water partition coefficient (Wildman–Crippen LogP) is 1.87. The van der Waals surface area contributed by atoms with E-state index in [1.165, 1.54) is 30.7 Å². The summed E-state index contributed by atoms with van der Waals surface area (Å²) < 4.78 is 0. The van der Waals surface area contributed by atoms with E-state index in [0.717, 1.165) is 6.54 Å². The third-order valence-electron chi connectivity index (χ3n) is 3.30. The Labute approximate surface area is 95.3 Å². The van der Waals surface area contributed by atoms with Crippen LogP contribution in [0.2, 0.25) is 0 Å². The standard InChI is InChI=1S/C11H19N3S/c1-14-5-3-2-4-9(6-12)11(14)10-7-13-8-15-10/h7-9,11H,2-6,12H2,1H3. The second-order valence-corrected chi connectivity index (χ2v) is 5.24. The first-order valence-electron chi connectivity index (χ1n) is 5.61. The average molecular weight is 225 g/mol. The summed E-state index contributed by atoms with van der Waals surface area (Å²) in [5.41, 5.74) is 7.81. The summed E-state index contributed by atoms with van der Waals surface area (Å²) >= 11 is 1.75. The van der Waals surface area contributed by atoms with E-state index in [9.17, 15) is 0 Å². The molecule has 1 fully saturated rings. The molecule has 0 aliphatic carbocycles. The van der Waals surface area contributed by atoms with E-state index in [1.807, 2.05) is 11.7 Å². The van der Waals surface area contributed by atoms with Crippen molar-refractivity contribution in [3.63, 3.8) is 0 Å². The molecule has 15 heavy (non-hydrogen) atoms. The van der Waals surface area contributed by atoms with Crippen molar-refractivity contribution in [3.8, 4) is 0 Å². The third-order valence-corrected chi connectivity index (χ3v) is 4.15. The number of rotatable bonds is 2. The molecule has 2 unspecified atom stereocenters. The first-order valence-corrected chi connectivity index (χ1v) is 6.49. The van der Waals surface area contributed by atoms with Gasteiger partial charge in [0, 0.05) is 17.1 Å². The number of nitrogens with zero attached hydrogens (tertiary/aromatic N) is 2. The fourth-order valence-corrected chi connectivity index (χ4v) is 3.37. The summed E-state index contributed by atoms with van der Waals surface area (Å²) in [6.07, 6.45) is 5.85. The van der Waals surface area contributed by atoms with Crippen molar-refractivity contribution in [2.45, 2.75) is 25.3 Å². The average Bonchev–Trinajstić information content (AvgIpc) is 2.69. The van der Waals surface area contributed by atoms with Crippen molar-refractivity contribution in [3.05, 3.63) is 16.6 Å². The first kappa shape index (κ1) is 11.0. The second kappa shape index (κ2) is 5.05. The van der Waals surface area contributed by atoms with Gasteiger partial charge in [-0.25, -0.2) is 0 Å². The lowest BCUT2D eigenvalue weighted by molar-refractivity contribution is 0.199. The molecule has 0 amide bonds. The number of nitrogens with two attached hydrogens (primary N) is 1. The molecule has 2 atom stereocenters. The number of thiazole rings is 1.